The summed E-state index contributed by atoms with van der Waals surface area (Å²) in [4.78, 5) is 26.5. The van der Waals surface area contributed by atoms with Crippen LogP contribution < -0.4 is 14.4 Å². The van der Waals surface area contributed by atoms with Gasteiger partial charge in [0.1, 0.15) is 0 Å². The van der Waals surface area contributed by atoms with Gasteiger partial charge in [0.2, 0.25) is 0 Å². The molecule has 0 bridgehead atoms. The molecule has 0 unspecified atom stereocenters. The largest absolute Gasteiger partial charge is 0.490 e. The van der Waals surface area contributed by atoms with Crippen molar-refractivity contribution in [3.05, 3.63) is 59.0 Å². The van der Waals surface area contributed by atoms with Gasteiger partial charge in [0.15, 0.2) is 22.4 Å². The summed E-state index contributed by atoms with van der Waals surface area (Å²) in [5, 5.41) is 0. The lowest BCUT2D eigenvalue weighted by Crippen LogP contribution is -2.27. The highest BCUT2D eigenvalue weighted by Gasteiger charge is 2.33. The maximum atomic E-state index is 12.9. The van der Waals surface area contributed by atoms with Gasteiger partial charge in [-0.05, 0) is 49.8 Å². The zero-order chi connectivity index (χ0) is 21.5. The monoisotopic (exact) mass is 443 g/mol. The number of amides is 1. The van der Waals surface area contributed by atoms with E-state index < -0.39 is 5.97 Å². The number of thioether (sulfide) groups is 1. The molecule has 1 amide bonds. The normalized spacial score (nSPS) is 14.9. The number of para-hydroxylation sites is 1. The summed E-state index contributed by atoms with van der Waals surface area (Å²) in [5.74, 6) is 0.290. The summed E-state index contributed by atoms with van der Waals surface area (Å²) in [6, 6.07) is 14.6. The van der Waals surface area contributed by atoms with E-state index in [9.17, 15) is 9.59 Å². The van der Waals surface area contributed by atoms with Gasteiger partial charge in [-0.15, -0.1) is 0 Å². The molecule has 2 aromatic carbocycles. The number of ether oxygens (including phenoxy) is 3. The van der Waals surface area contributed by atoms with Crippen molar-refractivity contribution in [2.24, 2.45) is 0 Å². The predicted octanol–water partition coefficient (Wildman–Crippen LogP) is 4.43. The lowest BCUT2D eigenvalue weighted by molar-refractivity contribution is -0.145. The first-order valence-electron chi connectivity index (χ1n) is 9.41. The Kier molecular flexibility index (Phi) is 7.48. The van der Waals surface area contributed by atoms with E-state index in [1.807, 2.05) is 37.3 Å². The summed E-state index contributed by atoms with van der Waals surface area (Å²) < 4.78 is 16.5. The molecule has 1 aliphatic rings. The highest BCUT2D eigenvalue weighted by molar-refractivity contribution is 8.27. The van der Waals surface area contributed by atoms with E-state index in [0.717, 1.165) is 11.3 Å². The molecule has 0 aliphatic carbocycles. The second-order valence-electron chi connectivity index (χ2n) is 6.09. The van der Waals surface area contributed by atoms with Crippen molar-refractivity contribution >= 4 is 51.9 Å². The molecule has 1 saturated heterocycles. The molecule has 0 aromatic heterocycles. The molecule has 30 heavy (non-hydrogen) atoms. The number of carbonyl (C=O) groups is 2. The standard InChI is InChI=1S/C22H21NO5S2/c1-3-26-18-12-15(10-11-17(18)28-14-20(24)27-4-2)13-19-21(25)23(22(29)30-19)16-8-6-5-7-9-16/h5-13H,3-4,14H2,1-2H3/b19-13+. The molecule has 1 fully saturated rings. The van der Waals surface area contributed by atoms with E-state index >= 15 is 0 Å². The summed E-state index contributed by atoms with van der Waals surface area (Å²) in [6.45, 7) is 4.10. The Morgan fingerprint density at radius 1 is 1.07 bits per heavy atom. The van der Waals surface area contributed by atoms with Gasteiger partial charge in [0, 0.05) is 0 Å². The third-order valence-corrected chi connectivity index (χ3v) is 5.33. The van der Waals surface area contributed by atoms with Gasteiger partial charge in [-0.3, -0.25) is 9.69 Å². The van der Waals surface area contributed by atoms with E-state index in [1.54, 1.807) is 31.2 Å². The highest BCUT2D eigenvalue weighted by Crippen LogP contribution is 2.37. The minimum absolute atomic E-state index is 0.170. The first-order valence-corrected chi connectivity index (χ1v) is 10.6. The van der Waals surface area contributed by atoms with Crippen LogP contribution in [-0.4, -0.2) is 36.0 Å². The maximum absolute atomic E-state index is 12.9. The third kappa shape index (κ3) is 5.20. The van der Waals surface area contributed by atoms with E-state index in [1.165, 1.54) is 16.7 Å². The number of hydrogen-bond acceptors (Lipinski definition) is 7. The lowest BCUT2D eigenvalue weighted by Gasteiger charge is -2.14. The van der Waals surface area contributed by atoms with Crippen LogP contribution in [0, 0.1) is 0 Å². The van der Waals surface area contributed by atoms with Gasteiger partial charge < -0.3 is 14.2 Å². The van der Waals surface area contributed by atoms with Crippen LogP contribution in [0.2, 0.25) is 0 Å². The summed E-state index contributed by atoms with van der Waals surface area (Å²) in [7, 11) is 0. The first kappa shape index (κ1) is 21.9. The molecular formula is C22H21NO5S2. The lowest BCUT2D eigenvalue weighted by atomic mass is 10.1. The van der Waals surface area contributed by atoms with Gasteiger partial charge in [0.05, 0.1) is 23.8 Å². The number of hydrogen-bond donors (Lipinski definition) is 0. The van der Waals surface area contributed by atoms with Crippen LogP contribution >= 0.6 is 24.0 Å². The van der Waals surface area contributed by atoms with Crippen molar-refractivity contribution in [1.82, 2.24) is 0 Å². The number of thiocarbonyl (C=S) groups is 1. The molecule has 1 heterocycles. The average Bonchev–Trinajstić information content (AvgIpc) is 3.01. The van der Waals surface area contributed by atoms with Gasteiger partial charge >= 0.3 is 5.97 Å². The average molecular weight is 444 g/mol. The highest BCUT2D eigenvalue weighted by atomic mass is 32.2. The van der Waals surface area contributed by atoms with Crippen LogP contribution in [0.25, 0.3) is 6.08 Å². The molecule has 8 heteroatoms. The smallest absolute Gasteiger partial charge is 0.344 e. The van der Waals surface area contributed by atoms with Gasteiger partial charge in [-0.25, -0.2) is 4.79 Å². The Labute approximate surface area is 184 Å². The number of anilines is 1. The Morgan fingerprint density at radius 2 is 1.83 bits per heavy atom. The Hall–Kier alpha value is -2.84. The van der Waals surface area contributed by atoms with Gasteiger partial charge in [-0.2, -0.15) is 0 Å². The fourth-order valence-corrected chi connectivity index (χ4v) is 4.06. The van der Waals surface area contributed by atoms with Crippen molar-refractivity contribution in [2.45, 2.75) is 13.8 Å². The van der Waals surface area contributed by atoms with Crippen LogP contribution in [0.1, 0.15) is 19.4 Å². The zero-order valence-corrected chi connectivity index (χ0v) is 18.3. The van der Waals surface area contributed by atoms with Crippen LogP contribution in [0.3, 0.4) is 0 Å². The van der Waals surface area contributed by atoms with Crippen LogP contribution in [0.4, 0.5) is 5.69 Å². The zero-order valence-electron chi connectivity index (χ0n) is 16.6. The fraction of sp³-hybridized carbons (Fsp3) is 0.227. The van der Waals surface area contributed by atoms with Gasteiger partial charge in [-0.1, -0.05) is 48.2 Å². The predicted molar refractivity (Wildman–Crippen MR) is 122 cm³/mol. The van der Waals surface area contributed by atoms with Crippen molar-refractivity contribution in [3.8, 4) is 11.5 Å². The molecule has 6 nitrogen and oxygen atoms in total. The number of carbonyl (C=O) groups excluding carboxylic acids is 2. The maximum Gasteiger partial charge on any atom is 0.344 e. The molecule has 156 valence electrons. The fourth-order valence-electron chi connectivity index (χ4n) is 2.76. The van der Waals surface area contributed by atoms with Crippen molar-refractivity contribution in [3.63, 3.8) is 0 Å². The number of benzene rings is 2. The third-order valence-electron chi connectivity index (χ3n) is 4.02. The number of esters is 1. The quantitative estimate of drug-likeness (QED) is 0.340. The minimum Gasteiger partial charge on any atom is -0.490 e. The summed E-state index contributed by atoms with van der Waals surface area (Å²) in [6.07, 6.45) is 1.76. The molecule has 0 N–H and O–H groups in total. The second kappa shape index (κ2) is 10.3. The van der Waals surface area contributed by atoms with E-state index in [2.05, 4.69) is 0 Å². The molecule has 2 aromatic rings. The SMILES string of the molecule is CCOC(=O)COc1ccc(/C=C2/SC(=S)N(c3ccccc3)C2=O)cc1OCC. The summed E-state index contributed by atoms with van der Waals surface area (Å²) in [5.41, 5.74) is 1.50. The van der Waals surface area contributed by atoms with Crippen LogP contribution in [0.15, 0.2) is 53.4 Å². The number of rotatable bonds is 8. The number of nitrogens with zero attached hydrogens (tertiary/aromatic N) is 1. The van der Waals surface area contributed by atoms with E-state index in [0.29, 0.717) is 33.9 Å². The molecule has 1 aliphatic heterocycles. The molecule has 0 atom stereocenters. The summed E-state index contributed by atoms with van der Waals surface area (Å²) >= 11 is 6.65. The molecular weight excluding hydrogens is 422 g/mol. The molecule has 0 spiro atoms. The van der Waals surface area contributed by atoms with Crippen LogP contribution in [0.5, 0.6) is 11.5 Å². The first-order chi connectivity index (χ1) is 14.5. The van der Waals surface area contributed by atoms with Crippen LogP contribution in [-0.2, 0) is 14.3 Å². The van der Waals surface area contributed by atoms with E-state index in [4.69, 9.17) is 26.4 Å². The van der Waals surface area contributed by atoms with Crippen molar-refractivity contribution < 1.29 is 23.8 Å². The second-order valence-corrected chi connectivity index (χ2v) is 7.76. The Bertz CT molecular complexity index is 975. The Balaban J connectivity index is 1.81. The Morgan fingerprint density at radius 3 is 2.53 bits per heavy atom. The van der Waals surface area contributed by atoms with Crippen molar-refractivity contribution in [1.29, 1.82) is 0 Å². The van der Waals surface area contributed by atoms with E-state index in [-0.39, 0.29) is 12.5 Å². The topological polar surface area (TPSA) is 65.1 Å². The van der Waals surface area contributed by atoms with Crippen molar-refractivity contribution in [2.75, 3.05) is 24.7 Å². The molecule has 0 radical (unpaired) electrons. The molecule has 0 saturated carbocycles. The minimum atomic E-state index is -0.450. The molecule has 3 rings (SSSR count). The van der Waals surface area contributed by atoms with Gasteiger partial charge in [0.25, 0.3) is 5.91 Å².